The van der Waals surface area contributed by atoms with Gasteiger partial charge in [-0.3, -0.25) is 0 Å². The van der Waals surface area contributed by atoms with Crippen LogP contribution in [0.2, 0.25) is 5.02 Å². The summed E-state index contributed by atoms with van der Waals surface area (Å²) in [4.78, 5) is 0. The SMILES string of the molecule is Clc1ccc(CC2CCCCCC23CO3)cc1. The first-order chi connectivity index (χ1) is 8.28. The van der Waals surface area contributed by atoms with Crippen LogP contribution in [0.25, 0.3) is 0 Å². The van der Waals surface area contributed by atoms with Crippen LogP contribution in [0.15, 0.2) is 24.3 Å². The molecule has 1 aliphatic heterocycles. The van der Waals surface area contributed by atoms with Gasteiger partial charge in [0, 0.05) is 5.02 Å². The standard InChI is InChI=1S/C15H19ClO/c16-14-7-5-12(6-8-14)10-13-4-2-1-3-9-15(13)11-17-15/h5-8,13H,1-4,9-11H2. The van der Waals surface area contributed by atoms with Gasteiger partial charge in [-0.05, 0) is 42.9 Å². The second-order valence-electron chi connectivity index (χ2n) is 5.48. The second-order valence-corrected chi connectivity index (χ2v) is 5.92. The average Bonchev–Trinajstić information content (AvgIpc) is 3.13. The van der Waals surface area contributed by atoms with Crippen molar-refractivity contribution in [2.45, 2.75) is 44.1 Å². The van der Waals surface area contributed by atoms with Crippen LogP contribution in [0.3, 0.4) is 0 Å². The highest BCUT2D eigenvalue weighted by atomic mass is 35.5. The van der Waals surface area contributed by atoms with Crippen LogP contribution in [-0.2, 0) is 11.2 Å². The van der Waals surface area contributed by atoms with E-state index in [-0.39, 0.29) is 5.60 Å². The zero-order valence-corrected chi connectivity index (χ0v) is 10.9. The molecule has 2 heteroatoms. The Labute approximate surface area is 108 Å². The quantitative estimate of drug-likeness (QED) is 0.716. The van der Waals surface area contributed by atoms with E-state index in [0.717, 1.165) is 18.1 Å². The molecule has 1 aromatic carbocycles. The van der Waals surface area contributed by atoms with Crippen LogP contribution in [0.1, 0.15) is 37.7 Å². The summed E-state index contributed by atoms with van der Waals surface area (Å²) in [6, 6.07) is 8.30. The monoisotopic (exact) mass is 250 g/mol. The molecule has 1 nitrogen and oxygen atoms in total. The fraction of sp³-hybridized carbons (Fsp3) is 0.600. The third-order valence-corrected chi connectivity index (χ3v) is 4.56. The smallest absolute Gasteiger partial charge is 0.0947 e. The minimum Gasteiger partial charge on any atom is -0.369 e. The van der Waals surface area contributed by atoms with Crippen molar-refractivity contribution in [2.75, 3.05) is 6.61 Å². The van der Waals surface area contributed by atoms with E-state index >= 15 is 0 Å². The summed E-state index contributed by atoms with van der Waals surface area (Å²) in [6.45, 7) is 0.991. The van der Waals surface area contributed by atoms with Gasteiger partial charge >= 0.3 is 0 Å². The molecule has 2 aliphatic rings. The molecule has 1 aliphatic carbocycles. The summed E-state index contributed by atoms with van der Waals surface area (Å²) >= 11 is 5.92. The van der Waals surface area contributed by atoms with Crippen molar-refractivity contribution in [3.63, 3.8) is 0 Å². The highest BCUT2D eigenvalue weighted by Gasteiger charge is 2.50. The summed E-state index contributed by atoms with van der Waals surface area (Å²) in [7, 11) is 0. The third kappa shape index (κ3) is 2.51. The molecule has 0 N–H and O–H groups in total. The lowest BCUT2D eigenvalue weighted by Gasteiger charge is -2.21. The van der Waals surface area contributed by atoms with Gasteiger partial charge in [-0.1, -0.05) is 43.0 Å². The van der Waals surface area contributed by atoms with Crippen molar-refractivity contribution in [1.82, 2.24) is 0 Å². The van der Waals surface area contributed by atoms with E-state index in [9.17, 15) is 0 Å². The Morgan fingerprint density at radius 3 is 2.65 bits per heavy atom. The summed E-state index contributed by atoms with van der Waals surface area (Å²) in [5.41, 5.74) is 1.65. The predicted octanol–water partition coefficient (Wildman–Crippen LogP) is 4.23. The largest absolute Gasteiger partial charge is 0.369 e. The lowest BCUT2D eigenvalue weighted by molar-refractivity contribution is 0.203. The molecule has 1 saturated heterocycles. The maximum absolute atomic E-state index is 5.92. The molecule has 17 heavy (non-hydrogen) atoms. The lowest BCUT2D eigenvalue weighted by atomic mass is 9.83. The molecule has 1 heterocycles. The molecule has 1 saturated carbocycles. The number of hydrogen-bond donors (Lipinski definition) is 0. The Hall–Kier alpha value is -0.530. The minimum absolute atomic E-state index is 0.246. The maximum atomic E-state index is 5.92. The Balaban J connectivity index is 1.72. The zero-order chi connectivity index (χ0) is 11.7. The molecular weight excluding hydrogens is 232 g/mol. The fourth-order valence-corrected chi connectivity index (χ4v) is 3.25. The lowest BCUT2D eigenvalue weighted by Crippen LogP contribution is -2.25. The molecule has 3 rings (SSSR count). The third-order valence-electron chi connectivity index (χ3n) is 4.31. The molecule has 0 aromatic heterocycles. The summed E-state index contributed by atoms with van der Waals surface area (Å²) in [5, 5.41) is 0.826. The summed E-state index contributed by atoms with van der Waals surface area (Å²) < 4.78 is 5.80. The number of hydrogen-bond acceptors (Lipinski definition) is 1. The first-order valence-corrected chi connectivity index (χ1v) is 7.05. The van der Waals surface area contributed by atoms with Gasteiger partial charge in [0.1, 0.15) is 0 Å². The van der Waals surface area contributed by atoms with Gasteiger partial charge in [-0.15, -0.1) is 0 Å². The second kappa shape index (κ2) is 4.62. The van der Waals surface area contributed by atoms with Crippen molar-refractivity contribution < 1.29 is 4.74 Å². The topological polar surface area (TPSA) is 12.5 Å². The first-order valence-electron chi connectivity index (χ1n) is 6.67. The van der Waals surface area contributed by atoms with Crippen LogP contribution < -0.4 is 0 Å². The first kappa shape index (κ1) is 11.6. The molecular formula is C15H19ClO. The van der Waals surface area contributed by atoms with Crippen LogP contribution >= 0.6 is 11.6 Å². The Bertz CT molecular complexity index is 380. The minimum atomic E-state index is 0.246. The highest BCUT2D eigenvalue weighted by Crippen LogP contribution is 2.46. The molecule has 1 aromatic rings. The number of epoxide rings is 1. The van der Waals surface area contributed by atoms with Crippen molar-refractivity contribution in [1.29, 1.82) is 0 Å². The van der Waals surface area contributed by atoms with E-state index in [2.05, 4.69) is 12.1 Å². The van der Waals surface area contributed by atoms with Gasteiger partial charge in [0.2, 0.25) is 0 Å². The van der Waals surface area contributed by atoms with Crippen LogP contribution in [0.4, 0.5) is 0 Å². The number of rotatable bonds is 2. The summed E-state index contributed by atoms with van der Waals surface area (Å²) in [6.07, 6.45) is 7.83. The van der Waals surface area contributed by atoms with Crippen molar-refractivity contribution in [3.05, 3.63) is 34.9 Å². The molecule has 0 amide bonds. The Morgan fingerprint density at radius 2 is 1.94 bits per heavy atom. The van der Waals surface area contributed by atoms with Crippen molar-refractivity contribution in [2.24, 2.45) is 5.92 Å². The molecule has 2 atom stereocenters. The Kier molecular flexibility index (Phi) is 3.14. The molecule has 2 fully saturated rings. The number of halogens is 1. The van der Waals surface area contributed by atoms with Crippen LogP contribution in [0.5, 0.6) is 0 Å². The molecule has 0 radical (unpaired) electrons. The maximum Gasteiger partial charge on any atom is 0.0947 e. The fourth-order valence-electron chi connectivity index (χ4n) is 3.12. The van der Waals surface area contributed by atoms with E-state index in [1.165, 1.54) is 37.7 Å². The normalized spacial score (nSPS) is 32.4. The van der Waals surface area contributed by atoms with Crippen LogP contribution in [0, 0.1) is 5.92 Å². The molecule has 0 bridgehead atoms. The van der Waals surface area contributed by atoms with Gasteiger partial charge < -0.3 is 4.74 Å². The van der Waals surface area contributed by atoms with Gasteiger partial charge in [0.05, 0.1) is 12.2 Å². The van der Waals surface area contributed by atoms with Gasteiger partial charge in [0.15, 0.2) is 0 Å². The van der Waals surface area contributed by atoms with E-state index in [1.54, 1.807) is 0 Å². The number of benzene rings is 1. The van der Waals surface area contributed by atoms with Gasteiger partial charge in [-0.25, -0.2) is 0 Å². The van der Waals surface area contributed by atoms with E-state index in [4.69, 9.17) is 16.3 Å². The van der Waals surface area contributed by atoms with E-state index in [0.29, 0.717) is 5.92 Å². The predicted molar refractivity (Wildman–Crippen MR) is 70.4 cm³/mol. The molecule has 1 spiro atoms. The van der Waals surface area contributed by atoms with Crippen LogP contribution in [-0.4, -0.2) is 12.2 Å². The van der Waals surface area contributed by atoms with Crippen molar-refractivity contribution >= 4 is 11.6 Å². The molecule has 92 valence electrons. The average molecular weight is 251 g/mol. The Morgan fingerprint density at radius 1 is 1.18 bits per heavy atom. The van der Waals surface area contributed by atoms with E-state index in [1.807, 2.05) is 12.1 Å². The van der Waals surface area contributed by atoms with Crippen molar-refractivity contribution in [3.8, 4) is 0 Å². The summed E-state index contributed by atoms with van der Waals surface area (Å²) in [5.74, 6) is 0.714. The van der Waals surface area contributed by atoms with Gasteiger partial charge in [0.25, 0.3) is 0 Å². The highest BCUT2D eigenvalue weighted by molar-refractivity contribution is 6.30. The zero-order valence-electron chi connectivity index (χ0n) is 10.1. The van der Waals surface area contributed by atoms with E-state index < -0.39 is 0 Å². The van der Waals surface area contributed by atoms with Gasteiger partial charge in [-0.2, -0.15) is 0 Å². The number of ether oxygens (including phenoxy) is 1. The molecule has 2 unspecified atom stereocenters.